The van der Waals surface area contributed by atoms with Gasteiger partial charge in [-0.3, -0.25) is 10.1 Å². The third-order valence-corrected chi connectivity index (χ3v) is 7.04. The number of sulfonamides is 1. The van der Waals surface area contributed by atoms with Crippen molar-refractivity contribution >= 4 is 22.0 Å². The molecular weight excluding hydrogens is 425 g/mol. The van der Waals surface area contributed by atoms with Crippen LogP contribution in [0.3, 0.4) is 0 Å². The predicted molar refractivity (Wildman–Crippen MR) is 114 cm³/mol. The van der Waals surface area contributed by atoms with Gasteiger partial charge in [-0.2, -0.15) is 0 Å². The lowest BCUT2D eigenvalue weighted by molar-refractivity contribution is -0.118. The summed E-state index contributed by atoms with van der Waals surface area (Å²) in [5.74, 6) is 0.254. The Kier molecular flexibility index (Phi) is 7.53. The van der Waals surface area contributed by atoms with Gasteiger partial charge in [0.25, 0.3) is 0 Å². The number of rotatable bonds is 12. The zero-order valence-corrected chi connectivity index (χ0v) is 18.8. The summed E-state index contributed by atoms with van der Waals surface area (Å²) >= 11 is 0. The maximum Gasteiger partial charge on any atom is 0.324 e. The van der Waals surface area contributed by atoms with E-state index in [1.165, 1.54) is 11.0 Å². The molecule has 31 heavy (non-hydrogen) atoms. The smallest absolute Gasteiger partial charge is 0.324 e. The topological polar surface area (TPSA) is 105 Å². The summed E-state index contributed by atoms with van der Waals surface area (Å²) in [6, 6.07) is 1.83. The minimum atomic E-state index is -3.61. The second-order valence-electron chi connectivity index (χ2n) is 8.39. The Bertz CT molecular complexity index is 933. The quantitative estimate of drug-likeness (QED) is 0.372. The van der Waals surface area contributed by atoms with Gasteiger partial charge in [-0.1, -0.05) is 6.42 Å². The molecule has 1 heterocycles. The molecule has 0 bridgehead atoms. The maximum atomic E-state index is 14.5. The summed E-state index contributed by atoms with van der Waals surface area (Å²) in [5, 5.41) is 2.20. The molecule has 1 saturated heterocycles. The summed E-state index contributed by atoms with van der Waals surface area (Å²) in [7, 11) is -3.61. The van der Waals surface area contributed by atoms with Crippen LogP contribution in [-0.2, 0) is 14.8 Å². The number of urea groups is 1. The second kappa shape index (κ2) is 9.95. The van der Waals surface area contributed by atoms with Crippen LogP contribution in [0, 0.1) is 18.7 Å². The zero-order valence-electron chi connectivity index (χ0n) is 17.9. The first kappa shape index (κ1) is 23.5. The molecule has 3 rings (SSSR count). The first-order chi connectivity index (χ1) is 14.6. The monoisotopic (exact) mass is 455 g/mol. The second-order valence-corrected chi connectivity index (χ2v) is 10.3. The Morgan fingerprint density at radius 2 is 2.00 bits per heavy atom. The van der Waals surface area contributed by atoms with E-state index in [0.717, 1.165) is 12.8 Å². The van der Waals surface area contributed by atoms with E-state index in [1.54, 1.807) is 19.9 Å². The average Bonchev–Trinajstić information content (AvgIpc) is 3.44. The van der Waals surface area contributed by atoms with Gasteiger partial charge in [0, 0.05) is 18.2 Å². The molecule has 0 aromatic heterocycles. The van der Waals surface area contributed by atoms with Crippen LogP contribution in [0.1, 0.15) is 56.2 Å². The maximum absolute atomic E-state index is 14.5. The van der Waals surface area contributed by atoms with Gasteiger partial charge in [-0.15, -0.1) is 0 Å². The Labute approximate surface area is 182 Å². The lowest BCUT2D eigenvalue weighted by Crippen LogP contribution is -2.30. The molecule has 3 amide bonds. The van der Waals surface area contributed by atoms with Crippen LogP contribution in [0.4, 0.5) is 9.18 Å². The molecule has 2 fully saturated rings. The van der Waals surface area contributed by atoms with E-state index < -0.39 is 27.9 Å². The molecule has 1 aliphatic carbocycles. The number of unbranched alkanes of at least 4 members (excludes halogenated alkanes) is 2. The molecular formula is C21H30FN3O5S. The number of carbonyl (C=O) groups excluding carboxylic acids is 2. The minimum Gasteiger partial charge on any atom is -0.493 e. The van der Waals surface area contributed by atoms with Crippen molar-refractivity contribution in [1.29, 1.82) is 0 Å². The molecule has 0 radical (unpaired) electrons. The summed E-state index contributed by atoms with van der Waals surface area (Å²) in [4.78, 5) is 24.0. The molecule has 0 unspecified atom stereocenters. The van der Waals surface area contributed by atoms with Gasteiger partial charge in [0.2, 0.25) is 15.9 Å². The third kappa shape index (κ3) is 6.90. The van der Waals surface area contributed by atoms with E-state index in [0.29, 0.717) is 49.6 Å². The molecule has 2 N–H and O–H groups in total. The highest BCUT2D eigenvalue weighted by atomic mass is 32.2. The van der Waals surface area contributed by atoms with Crippen LogP contribution >= 0.6 is 0 Å². The van der Waals surface area contributed by atoms with E-state index in [1.807, 2.05) is 0 Å². The number of imide groups is 1. The van der Waals surface area contributed by atoms with Crippen molar-refractivity contribution in [3.8, 4) is 5.75 Å². The van der Waals surface area contributed by atoms with Crippen molar-refractivity contribution in [1.82, 2.24) is 14.9 Å². The summed E-state index contributed by atoms with van der Waals surface area (Å²) in [6.45, 7) is 4.42. The SMILES string of the molecule is Cc1cc(F)c([C@@H](C)NS(=O)(=O)CCCCCN2CC(=O)NC2=O)cc1OCC1CC1. The van der Waals surface area contributed by atoms with E-state index >= 15 is 0 Å². The number of amides is 3. The normalized spacial score (nSPS) is 17.7. The van der Waals surface area contributed by atoms with Gasteiger partial charge in [0.05, 0.1) is 12.4 Å². The fourth-order valence-electron chi connectivity index (χ4n) is 3.47. The lowest BCUT2D eigenvalue weighted by atomic mass is 10.1. The number of halogens is 1. The van der Waals surface area contributed by atoms with Crippen LogP contribution in [0.15, 0.2) is 12.1 Å². The van der Waals surface area contributed by atoms with Crippen molar-refractivity contribution < 1.29 is 27.1 Å². The molecule has 10 heteroatoms. The molecule has 1 saturated carbocycles. The largest absolute Gasteiger partial charge is 0.493 e. The fourth-order valence-corrected chi connectivity index (χ4v) is 4.84. The van der Waals surface area contributed by atoms with E-state index in [9.17, 15) is 22.4 Å². The first-order valence-corrected chi connectivity index (χ1v) is 12.3. The molecule has 1 aliphatic heterocycles. The standard InChI is InChI=1S/C21H30FN3O5S/c1-14-10-18(22)17(11-19(14)30-13-16-6-7-16)15(2)24-31(28,29)9-5-3-4-8-25-12-20(26)23-21(25)27/h10-11,15-16,24H,3-9,12-13H2,1-2H3,(H,23,26,27)/t15-/m1/s1. The fraction of sp³-hybridized carbons (Fsp3) is 0.619. The molecule has 1 aromatic carbocycles. The van der Waals surface area contributed by atoms with Crippen molar-refractivity contribution in [2.75, 3.05) is 25.4 Å². The Morgan fingerprint density at radius 3 is 2.65 bits per heavy atom. The van der Waals surface area contributed by atoms with Crippen LogP contribution < -0.4 is 14.8 Å². The van der Waals surface area contributed by atoms with Crippen molar-refractivity contribution in [3.05, 3.63) is 29.1 Å². The highest BCUT2D eigenvalue weighted by Gasteiger charge is 2.26. The molecule has 8 nitrogen and oxygen atoms in total. The molecule has 2 aliphatic rings. The van der Waals surface area contributed by atoms with Crippen LogP contribution in [-0.4, -0.2) is 50.7 Å². The molecule has 1 aromatic rings. The van der Waals surface area contributed by atoms with Crippen LogP contribution in [0.25, 0.3) is 0 Å². The third-order valence-electron chi connectivity index (χ3n) is 5.50. The summed E-state index contributed by atoms with van der Waals surface area (Å²) in [6.07, 6.45) is 3.88. The zero-order chi connectivity index (χ0) is 22.6. The average molecular weight is 456 g/mol. The number of nitrogens with zero attached hydrogens (tertiary/aromatic N) is 1. The van der Waals surface area contributed by atoms with Gasteiger partial charge in [-0.25, -0.2) is 22.3 Å². The van der Waals surface area contributed by atoms with Crippen LogP contribution in [0.2, 0.25) is 0 Å². The number of carbonyl (C=O) groups is 2. The van der Waals surface area contributed by atoms with E-state index in [2.05, 4.69) is 10.0 Å². The Hall–Kier alpha value is -2.20. The highest BCUT2D eigenvalue weighted by Crippen LogP contribution is 2.32. The van der Waals surface area contributed by atoms with E-state index in [-0.39, 0.29) is 23.8 Å². The number of nitrogens with one attached hydrogen (secondary N) is 2. The van der Waals surface area contributed by atoms with Gasteiger partial charge < -0.3 is 9.64 Å². The molecule has 172 valence electrons. The minimum absolute atomic E-state index is 0.0463. The number of aryl methyl sites for hydroxylation is 1. The van der Waals surface area contributed by atoms with E-state index in [4.69, 9.17) is 4.74 Å². The number of benzene rings is 1. The number of hydrogen-bond donors (Lipinski definition) is 2. The van der Waals surface area contributed by atoms with Gasteiger partial charge in [0.1, 0.15) is 18.1 Å². The lowest BCUT2D eigenvalue weighted by Gasteiger charge is -2.18. The van der Waals surface area contributed by atoms with Crippen molar-refractivity contribution in [2.24, 2.45) is 5.92 Å². The van der Waals surface area contributed by atoms with Gasteiger partial charge >= 0.3 is 6.03 Å². The van der Waals surface area contributed by atoms with Gasteiger partial charge in [0.15, 0.2) is 0 Å². The van der Waals surface area contributed by atoms with Crippen molar-refractivity contribution in [2.45, 2.75) is 52.0 Å². The molecule has 1 atom stereocenters. The Morgan fingerprint density at radius 1 is 1.26 bits per heavy atom. The molecule has 0 spiro atoms. The highest BCUT2D eigenvalue weighted by molar-refractivity contribution is 7.89. The number of hydrogen-bond acceptors (Lipinski definition) is 5. The van der Waals surface area contributed by atoms with Crippen molar-refractivity contribution in [3.63, 3.8) is 0 Å². The van der Waals surface area contributed by atoms with Crippen LogP contribution in [0.5, 0.6) is 5.75 Å². The first-order valence-electron chi connectivity index (χ1n) is 10.7. The predicted octanol–water partition coefficient (Wildman–Crippen LogP) is 2.63. The Balaban J connectivity index is 1.47. The number of ether oxygens (including phenoxy) is 1. The summed E-state index contributed by atoms with van der Waals surface area (Å²) < 4.78 is 47.7. The summed E-state index contributed by atoms with van der Waals surface area (Å²) in [5.41, 5.74) is 0.940. The van der Waals surface area contributed by atoms with Gasteiger partial charge in [-0.05, 0) is 63.1 Å².